The molecule has 18 aromatic carbocycles. The average Bonchev–Trinajstić information content (AvgIpc) is 1.58. The van der Waals surface area contributed by atoms with E-state index in [-0.39, 0.29) is 5.41 Å². The maximum Gasteiger partial charge on any atom is 0.0547 e. The lowest BCUT2D eigenvalue weighted by molar-refractivity contribution is 0.660. The number of aromatic nitrogens is 4. The van der Waals surface area contributed by atoms with E-state index in [0.29, 0.717) is 0 Å². The number of para-hydroxylation sites is 4. The summed E-state index contributed by atoms with van der Waals surface area (Å²) in [6.45, 7) is 4.72. The molecule has 1 aliphatic rings. The maximum atomic E-state index is 2.46. The Labute approximate surface area is 643 Å². The molecule has 111 heavy (non-hydrogen) atoms. The zero-order valence-electron chi connectivity index (χ0n) is 61.4. The fraction of sp³-hybridized carbons (Fsp3) is 0.0280. The standard InChI is InChI=1S/C55H38N2.C52H34N2/c1-55(2)49-16-8-5-13-43(49)44-30-27-42(34-50(44)55)57-52-18-10-7-15-46(52)48-29-25-40(33-54(48)57)37-21-19-36(20-22-37)39-24-28-47-45-14-6-9-17-51(45)56(53(47)32-39)41-26-23-35-11-3-4-12-38(35)31-41;1-2-11-35(12-3-1)40-15-10-16-43(31-40)53-49-19-8-6-17-45(49)47-29-26-41(33-51(47)53)37-21-23-38(24-22-37)42-27-30-48-46-18-7-9-20-50(46)54(52(48)34-42)44-28-25-36-13-4-5-14-39(36)32-44/h3-34H,1-2H3;1-34H. The van der Waals surface area contributed by atoms with Crippen molar-refractivity contribution in [2.24, 2.45) is 0 Å². The molecule has 0 saturated carbocycles. The first-order valence-electron chi connectivity index (χ1n) is 38.5. The molecule has 0 radical (unpaired) electrons. The van der Waals surface area contributed by atoms with Crippen LogP contribution in [0.25, 0.3) is 198 Å². The minimum absolute atomic E-state index is 0.0643. The molecule has 520 valence electrons. The molecule has 22 aromatic rings. The summed E-state index contributed by atoms with van der Waals surface area (Å²) in [5, 5.41) is 15.1. The number of hydrogen-bond donors (Lipinski definition) is 0. The van der Waals surface area contributed by atoms with Crippen molar-refractivity contribution in [2.75, 3.05) is 0 Å². The van der Waals surface area contributed by atoms with E-state index < -0.39 is 0 Å². The lowest BCUT2D eigenvalue weighted by Crippen LogP contribution is -2.15. The van der Waals surface area contributed by atoms with E-state index in [9.17, 15) is 0 Å². The van der Waals surface area contributed by atoms with Gasteiger partial charge in [-0.3, -0.25) is 0 Å². The predicted molar refractivity (Wildman–Crippen MR) is 470 cm³/mol. The zero-order valence-corrected chi connectivity index (χ0v) is 61.4. The molecule has 0 amide bonds. The lowest BCUT2D eigenvalue weighted by atomic mass is 9.82. The fourth-order valence-corrected chi connectivity index (χ4v) is 18.3. The van der Waals surface area contributed by atoms with Gasteiger partial charge >= 0.3 is 0 Å². The summed E-state index contributed by atoms with van der Waals surface area (Å²) in [6.07, 6.45) is 0. The van der Waals surface area contributed by atoms with Crippen molar-refractivity contribution >= 4 is 109 Å². The highest BCUT2D eigenvalue weighted by atomic mass is 15.0. The van der Waals surface area contributed by atoms with Gasteiger partial charge in [0.1, 0.15) is 0 Å². The molecule has 4 heteroatoms. The number of hydrogen-bond acceptors (Lipinski definition) is 0. The Morgan fingerprint density at radius 3 is 0.874 bits per heavy atom. The highest BCUT2D eigenvalue weighted by molar-refractivity contribution is 6.14. The summed E-state index contributed by atoms with van der Waals surface area (Å²) in [7, 11) is 0. The second kappa shape index (κ2) is 25.4. The normalized spacial score (nSPS) is 12.5. The van der Waals surface area contributed by atoms with Gasteiger partial charge in [0, 0.05) is 71.3 Å². The van der Waals surface area contributed by atoms with Crippen LogP contribution in [0.4, 0.5) is 0 Å². The predicted octanol–water partition coefficient (Wildman–Crippen LogP) is 28.7. The molecule has 1 aliphatic carbocycles. The first kappa shape index (κ1) is 63.9. The van der Waals surface area contributed by atoms with Gasteiger partial charge in [-0.15, -0.1) is 0 Å². The van der Waals surface area contributed by atoms with Gasteiger partial charge in [-0.2, -0.15) is 0 Å². The highest BCUT2D eigenvalue weighted by Gasteiger charge is 2.36. The molecule has 4 nitrogen and oxygen atoms in total. The van der Waals surface area contributed by atoms with E-state index in [1.165, 1.54) is 204 Å². The molecule has 0 saturated heterocycles. The van der Waals surface area contributed by atoms with Crippen molar-refractivity contribution in [3.05, 3.63) is 412 Å². The SMILES string of the molecule is CC1(C)c2ccccc2-c2ccc(-n3c4ccccc4c4ccc(-c5ccc(-c6ccc7c8ccccc8n(-c8ccc9ccccc9c8)c7c6)cc5)cc43)cc21.c1ccc(-c2cccc(-n3c4ccccc4c4ccc(-c5ccc(-c6ccc7c8ccccc8n(-c8ccc9ccccc9c8)c7c6)cc5)cc43)c2)cc1. The molecular weight excluding hydrogens is 1340 g/mol. The van der Waals surface area contributed by atoms with E-state index in [1.807, 2.05) is 0 Å². The van der Waals surface area contributed by atoms with Crippen LogP contribution in [0.2, 0.25) is 0 Å². The van der Waals surface area contributed by atoms with Gasteiger partial charge in [-0.25, -0.2) is 0 Å². The van der Waals surface area contributed by atoms with E-state index >= 15 is 0 Å². The smallest absolute Gasteiger partial charge is 0.0547 e. The van der Waals surface area contributed by atoms with Crippen LogP contribution in [-0.2, 0) is 5.41 Å². The van der Waals surface area contributed by atoms with Crippen molar-refractivity contribution in [3.8, 4) is 89.5 Å². The average molecular weight is 1410 g/mol. The Kier molecular flexibility index (Phi) is 14.6. The van der Waals surface area contributed by atoms with Gasteiger partial charge in [0.15, 0.2) is 0 Å². The molecule has 23 rings (SSSR count). The quantitative estimate of drug-likeness (QED) is 0.137. The second-order valence-corrected chi connectivity index (χ2v) is 30.4. The molecule has 4 aromatic heterocycles. The first-order valence-corrected chi connectivity index (χ1v) is 38.5. The largest absolute Gasteiger partial charge is 0.309 e. The summed E-state index contributed by atoms with van der Waals surface area (Å²) < 4.78 is 9.72. The third-order valence-corrected chi connectivity index (χ3v) is 23.8. The van der Waals surface area contributed by atoms with Crippen molar-refractivity contribution in [1.29, 1.82) is 0 Å². The Hall–Kier alpha value is -14.3. The van der Waals surface area contributed by atoms with Gasteiger partial charge in [0.25, 0.3) is 0 Å². The number of benzene rings is 18. The third-order valence-electron chi connectivity index (χ3n) is 23.8. The van der Waals surface area contributed by atoms with E-state index in [2.05, 4.69) is 432 Å². The van der Waals surface area contributed by atoms with Gasteiger partial charge in [-0.1, -0.05) is 317 Å². The molecule has 0 aliphatic heterocycles. The molecular formula is C107H72N4. The van der Waals surface area contributed by atoms with Crippen LogP contribution in [0.3, 0.4) is 0 Å². The van der Waals surface area contributed by atoms with E-state index in [0.717, 1.165) is 5.69 Å². The van der Waals surface area contributed by atoms with Crippen LogP contribution in [0, 0.1) is 0 Å². The summed E-state index contributed by atoms with van der Waals surface area (Å²) in [6, 6.07) is 147. The molecule has 0 spiro atoms. The Bertz CT molecular complexity index is 7520. The van der Waals surface area contributed by atoms with Crippen molar-refractivity contribution in [1.82, 2.24) is 18.3 Å². The van der Waals surface area contributed by atoms with Crippen LogP contribution in [0.5, 0.6) is 0 Å². The summed E-state index contributed by atoms with van der Waals surface area (Å²) in [4.78, 5) is 0. The Morgan fingerprint density at radius 2 is 0.450 bits per heavy atom. The first-order chi connectivity index (χ1) is 54.8. The van der Waals surface area contributed by atoms with Crippen LogP contribution < -0.4 is 0 Å². The molecule has 4 heterocycles. The Balaban J connectivity index is 0.000000137. The third kappa shape index (κ3) is 10.4. The van der Waals surface area contributed by atoms with Gasteiger partial charge in [-0.05, 0) is 196 Å². The molecule has 0 unspecified atom stereocenters. The van der Waals surface area contributed by atoms with Crippen LogP contribution >= 0.6 is 0 Å². The van der Waals surface area contributed by atoms with Crippen molar-refractivity contribution in [2.45, 2.75) is 19.3 Å². The fourth-order valence-electron chi connectivity index (χ4n) is 18.3. The van der Waals surface area contributed by atoms with Gasteiger partial charge < -0.3 is 18.3 Å². The van der Waals surface area contributed by atoms with Crippen molar-refractivity contribution in [3.63, 3.8) is 0 Å². The minimum atomic E-state index is -0.0643. The molecule has 0 N–H and O–H groups in total. The van der Waals surface area contributed by atoms with Crippen molar-refractivity contribution < 1.29 is 0 Å². The van der Waals surface area contributed by atoms with E-state index in [1.54, 1.807) is 0 Å². The number of rotatable bonds is 9. The number of fused-ring (bicyclic) bond motifs is 17. The van der Waals surface area contributed by atoms with Crippen LogP contribution in [0.1, 0.15) is 25.0 Å². The molecule has 0 fully saturated rings. The summed E-state index contributed by atoms with van der Waals surface area (Å²) in [5.41, 5.74) is 31.9. The van der Waals surface area contributed by atoms with Gasteiger partial charge in [0.2, 0.25) is 0 Å². The summed E-state index contributed by atoms with van der Waals surface area (Å²) in [5.74, 6) is 0. The highest BCUT2D eigenvalue weighted by Crippen LogP contribution is 2.50. The lowest BCUT2D eigenvalue weighted by Gasteiger charge is -2.22. The van der Waals surface area contributed by atoms with Gasteiger partial charge in [0.05, 0.1) is 44.1 Å². The molecule has 0 bridgehead atoms. The van der Waals surface area contributed by atoms with E-state index in [4.69, 9.17) is 0 Å². The molecule has 0 atom stereocenters. The van der Waals surface area contributed by atoms with Crippen LogP contribution in [0.15, 0.2) is 400 Å². The topological polar surface area (TPSA) is 19.7 Å². The second-order valence-electron chi connectivity index (χ2n) is 30.4. The minimum Gasteiger partial charge on any atom is -0.309 e. The zero-order chi connectivity index (χ0) is 73.4. The Morgan fingerprint density at radius 1 is 0.162 bits per heavy atom. The summed E-state index contributed by atoms with van der Waals surface area (Å²) >= 11 is 0. The monoisotopic (exact) mass is 1410 g/mol. The number of nitrogens with zero attached hydrogens (tertiary/aromatic N) is 4. The maximum absolute atomic E-state index is 2.46. The van der Waals surface area contributed by atoms with Crippen LogP contribution in [-0.4, -0.2) is 18.3 Å².